The van der Waals surface area contributed by atoms with Crippen LogP contribution in [-0.4, -0.2) is 35.4 Å². The van der Waals surface area contributed by atoms with E-state index in [9.17, 15) is 9.90 Å². The summed E-state index contributed by atoms with van der Waals surface area (Å²) in [5.41, 5.74) is 0.711. The van der Waals surface area contributed by atoms with Gasteiger partial charge in [0.1, 0.15) is 12.4 Å². The first-order valence-corrected chi connectivity index (χ1v) is 9.59. The van der Waals surface area contributed by atoms with Crippen LogP contribution in [0.3, 0.4) is 0 Å². The number of rotatable bonds is 7. The summed E-state index contributed by atoms with van der Waals surface area (Å²) >= 11 is 12.2. The van der Waals surface area contributed by atoms with Crippen LogP contribution in [0.1, 0.15) is 5.56 Å². The monoisotopic (exact) mass is 445 g/mol. The van der Waals surface area contributed by atoms with Gasteiger partial charge in [-0.15, -0.1) is 0 Å². The molecular weight excluding hydrogens is 429 g/mol. The molecule has 2 N–H and O–H groups in total. The van der Waals surface area contributed by atoms with Crippen LogP contribution in [0.15, 0.2) is 54.8 Å². The Kier molecular flexibility index (Phi) is 7.20. The molecule has 1 atom stereocenters. The third-order valence-corrected chi connectivity index (χ3v) is 4.44. The Hall–Kier alpha value is -3.18. The first-order chi connectivity index (χ1) is 14.4. The van der Waals surface area contributed by atoms with E-state index in [1.54, 1.807) is 42.5 Å². The van der Waals surface area contributed by atoms with E-state index < -0.39 is 6.35 Å². The zero-order valence-corrected chi connectivity index (χ0v) is 17.1. The van der Waals surface area contributed by atoms with Crippen LogP contribution in [0.5, 0.6) is 17.2 Å². The summed E-state index contributed by atoms with van der Waals surface area (Å²) in [5.74, 6) is 0.913. The van der Waals surface area contributed by atoms with Crippen molar-refractivity contribution in [1.82, 2.24) is 10.2 Å². The molecule has 0 saturated heterocycles. The highest BCUT2D eigenvalue weighted by Gasteiger charge is 2.18. The molecule has 1 unspecified atom stereocenters. The van der Waals surface area contributed by atoms with Gasteiger partial charge in [-0.2, -0.15) is 5.26 Å². The Morgan fingerprint density at radius 2 is 2.03 bits per heavy atom. The van der Waals surface area contributed by atoms with Crippen molar-refractivity contribution in [2.24, 2.45) is 0 Å². The second kappa shape index (κ2) is 10.0. The molecule has 1 aliphatic heterocycles. The molecule has 0 aromatic heterocycles. The molecule has 1 amide bonds. The van der Waals surface area contributed by atoms with Crippen LogP contribution in [0.25, 0.3) is 6.08 Å². The van der Waals surface area contributed by atoms with Gasteiger partial charge in [-0.05, 0) is 42.0 Å². The third-order valence-electron chi connectivity index (χ3n) is 3.99. The number of allylic oxidation sites excluding steroid dienone is 1. The highest BCUT2D eigenvalue weighted by molar-refractivity contribution is 6.31. The number of hydrogen-bond acceptors (Lipinski definition) is 6. The lowest BCUT2D eigenvalue weighted by molar-refractivity contribution is -0.124. The van der Waals surface area contributed by atoms with Gasteiger partial charge in [0, 0.05) is 34.5 Å². The summed E-state index contributed by atoms with van der Waals surface area (Å²) in [6.45, 7) is 0.504. The lowest BCUT2D eigenvalue weighted by Crippen LogP contribution is -2.49. The van der Waals surface area contributed by atoms with Crippen molar-refractivity contribution in [3.8, 4) is 23.3 Å². The lowest BCUT2D eigenvalue weighted by atomic mass is 10.2. The molecule has 2 aromatic carbocycles. The maximum Gasteiger partial charge on any atom is 0.248 e. The number of carbonyl (C=O) groups is 1. The molecule has 1 aliphatic rings. The van der Waals surface area contributed by atoms with Gasteiger partial charge in [0.15, 0.2) is 11.5 Å². The number of halogens is 2. The van der Waals surface area contributed by atoms with Gasteiger partial charge in [0.05, 0.1) is 12.6 Å². The molecule has 9 heteroatoms. The van der Waals surface area contributed by atoms with Crippen molar-refractivity contribution in [1.29, 1.82) is 5.26 Å². The predicted molar refractivity (Wildman–Crippen MR) is 113 cm³/mol. The van der Waals surface area contributed by atoms with Gasteiger partial charge in [0.2, 0.25) is 12.3 Å². The quantitative estimate of drug-likeness (QED) is 0.627. The van der Waals surface area contributed by atoms with Gasteiger partial charge in [-0.1, -0.05) is 23.2 Å². The van der Waals surface area contributed by atoms with Crippen molar-refractivity contribution in [2.45, 2.75) is 6.35 Å². The van der Waals surface area contributed by atoms with Crippen LogP contribution >= 0.6 is 23.2 Å². The van der Waals surface area contributed by atoms with Crippen LogP contribution < -0.4 is 14.8 Å². The van der Waals surface area contributed by atoms with E-state index in [2.05, 4.69) is 5.32 Å². The fourth-order valence-corrected chi connectivity index (χ4v) is 3.04. The maximum atomic E-state index is 11.2. The van der Waals surface area contributed by atoms with E-state index in [4.69, 9.17) is 37.9 Å². The van der Waals surface area contributed by atoms with Crippen molar-refractivity contribution in [3.05, 3.63) is 70.4 Å². The van der Waals surface area contributed by atoms with Crippen LogP contribution in [-0.2, 0) is 4.79 Å². The zero-order chi connectivity index (χ0) is 21.5. The summed E-state index contributed by atoms with van der Waals surface area (Å²) in [6.07, 6.45) is 4.65. The molecule has 0 saturated carbocycles. The number of aliphatic hydroxyl groups is 1. The number of nitrogens with one attached hydrogen (secondary N) is 1. The van der Waals surface area contributed by atoms with Crippen LogP contribution in [0.2, 0.25) is 10.0 Å². The third kappa shape index (κ3) is 5.91. The number of nitrogens with zero attached hydrogens (tertiary/aromatic N) is 2. The molecule has 0 bridgehead atoms. The molecule has 2 aromatic rings. The average Bonchev–Trinajstić information content (AvgIpc) is 2.69. The number of benzene rings is 2. The second-order valence-electron chi connectivity index (χ2n) is 6.16. The largest absolute Gasteiger partial charge is 0.488 e. The number of ether oxygens (including phenoxy) is 2. The van der Waals surface area contributed by atoms with Crippen molar-refractivity contribution in [2.75, 3.05) is 13.2 Å². The highest BCUT2D eigenvalue weighted by atomic mass is 35.5. The van der Waals surface area contributed by atoms with Gasteiger partial charge in [-0.3, -0.25) is 4.79 Å². The molecule has 30 heavy (non-hydrogen) atoms. The molecule has 3 rings (SSSR count). The lowest BCUT2D eigenvalue weighted by Gasteiger charge is -2.29. The first kappa shape index (κ1) is 21.5. The van der Waals surface area contributed by atoms with Gasteiger partial charge in [0.25, 0.3) is 0 Å². The summed E-state index contributed by atoms with van der Waals surface area (Å²) < 4.78 is 11.7. The van der Waals surface area contributed by atoms with E-state index in [0.717, 1.165) is 0 Å². The van der Waals surface area contributed by atoms with Crippen molar-refractivity contribution >= 4 is 35.2 Å². The first-order valence-electron chi connectivity index (χ1n) is 8.84. The molecule has 0 fully saturated rings. The Morgan fingerprint density at radius 1 is 1.20 bits per heavy atom. The summed E-state index contributed by atoms with van der Waals surface area (Å²) in [6, 6.07) is 11.9. The number of hydrogen-bond donors (Lipinski definition) is 2. The highest BCUT2D eigenvalue weighted by Crippen LogP contribution is 2.35. The number of amides is 1. The van der Waals surface area contributed by atoms with Crippen LogP contribution in [0.4, 0.5) is 0 Å². The Labute approximate surface area is 183 Å². The smallest absolute Gasteiger partial charge is 0.248 e. The summed E-state index contributed by atoms with van der Waals surface area (Å²) in [7, 11) is 0. The molecule has 154 valence electrons. The van der Waals surface area contributed by atoms with Crippen molar-refractivity contribution < 1.29 is 19.4 Å². The number of aliphatic hydroxyl groups excluding tert-OH is 1. The minimum absolute atomic E-state index is 0.194. The summed E-state index contributed by atoms with van der Waals surface area (Å²) in [4.78, 5) is 12.7. The fraction of sp³-hybridized carbons (Fsp3) is 0.143. The van der Waals surface area contributed by atoms with Crippen molar-refractivity contribution in [3.63, 3.8) is 0 Å². The summed E-state index contributed by atoms with van der Waals surface area (Å²) in [5, 5.41) is 21.8. The van der Waals surface area contributed by atoms with Gasteiger partial charge >= 0.3 is 0 Å². The predicted octanol–water partition coefficient (Wildman–Crippen LogP) is 3.92. The molecule has 0 aliphatic carbocycles. The Morgan fingerprint density at radius 3 is 2.80 bits per heavy atom. The Bertz CT molecular complexity index is 1030. The number of nitriles is 1. The molecule has 0 radical (unpaired) electrons. The standard InChI is InChI=1S/C21H17Cl2N3O4/c22-15-3-4-18(30-17-11-14(2-1-6-24)10-16(23)12-17)19(13-15)29-9-8-26-7-5-20(27)25-21(26)28/h1-5,7,10-13,21,28H,8-9H2,(H,25,27). The van der Waals surface area contributed by atoms with E-state index >= 15 is 0 Å². The minimum Gasteiger partial charge on any atom is -0.488 e. The van der Waals surface area contributed by atoms with Gasteiger partial charge in [-0.25, -0.2) is 0 Å². The molecule has 7 nitrogen and oxygen atoms in total. The van der Waals surface area contributed by atoms with Gasteiger partial charge < -0.3 is 24.8 Å². The van der Waals surface area contributed by atoms with E-state index in [0.29, 0.717) is 39.4 Å². The normalized spacial score (nSPS) is 15.7. The maximum absolute atomic E-state index is 11.2. The minimum atomic E-state index is -1.12. The topological polar surface area (TPSA) is 94.8 Å². The second-order valence-corrected chi connectivity index (χ2v) is 7.03. The molecule has 0 spiro atoms. The SMILES string of the molecule is N#CC=Cc1cc(Cl)cc(Oc2ccc(Cl)cc2OCCN2C=CC(=O)NC2O)c1. The van der Waals surface area contributed by atoms with E-state index in [-0.39, 0.29) is 12.5 Å². The number of carbonyl (C=O) groups excluding carboxylic acids is 1. The molecule has 1 heterocycles. The van der Waals surface area contributed by atoms with Crippen LogP contribution in [0, 0.1) is 11.3 Å². The van der Waals surface area contributed by atoms with E-state index in [1.165, 1.54) is 23.3 Å². The van der Waals surface area contributed by atoms with E-state index in [1.807, 2.05) is 6.07 Å². The fourth-order valence-electron chi connectivity index (χ4n) is 2.64. The molecular formula is C21H17Cl2N3O4. The Balaban J connectivity index is 1.72. The zero-order valence-electron chi connectivity index (χ0n) is 15.6. The average molecular weight is 446 g/mol.